The highest BCUT2D eigenvalue weighted by atomic mass is 35.5. The first kappa shape index (κ1) is 37.1. The lowest BCUT2D eigenvalue weighted by atomic mass is 9.85. The summed E-state index contributed by atoms with van der Waals surface area (Å²) in [6.07, 6.45) is -1.19. The molecule has 7 rings (SSSR count). The third-order valence-electron chi connectivity index (χ3n) is 11.7. The van der Waals surface area contributed by atoms with E-state index in [1.807, 2.05) is 31.4 Å². The summed E-state index contributed by atoms with van der Waals surface area (Å²) in [7, 11) is 0. The Morgan fingerprint density at radius 1 is 1.00 bits per heavy atom. The van der Waals surface area contributed by atoms with Crippen LogP contribution in [0.4, 0.5) is 30.5 Å². The van der Waals surface area contributed by atoms with Gasteiger partial charge in [-0.3, -0.25) is 9.59 Å². The maximum Gasteiger partial charge on any atom is 0.391 e. The molecule has 2 heterocycles. The average molecular weight is 764 g/mol. The summed E-state index contributed by atoms with van der Waals surface area (Å²) in [5, 5.41) is 21.6. The smallest absolute Gasteiger partial charge is 0.388 e. The second-order valence-corrected chi connectivity index (χ2v) is 17.7. The molecule has 0 radical (unpaired) electrons. The molecule has 2 atom stereocenters. The Bertz CT molecular complexity index is 1890. The average Bonchev–Trinajstić information content (AvgIpc) is 3.95. The molecule has 2 amide bonds. The maximum absolute atomic E-state index is 14.0. The van der Waals surface area contributed by atoms with Gasteiger partial charge in [0.15, 0.2) is 0 Å². The molecule has 4 aliphatic rings. The first-order valence-electron chi connectivity index (χ1n) is 18.2. The lowest BCUT2D eigenvalue weighted by Crippen LogP contribution is -2.41. The van der Waals surface area contributed by atoms with E-state index in [-0.39, 0.29) is 50.1 Å². The number of alkyl halides is 3. The highest BCUT2D eigenvalue weighted by Gasteiger charge is 2.57. The van der Waals surface area contributed by atoms with Crippen molar-refractivity contribution in [3.05, 3.63) is 45.4 Å². The number of piperidine rings is 1. The standard InChI is InChI=1S/C38H47Cl2F3N6O3/c1-35(2,3)33(51)44-17-20-6-11-26(39)31(30(20)40)47-34-46-27-15-25(32(50)45-24-9-7-23(8-10-24)38(41,42)43)28(48-18-21-14-22(21)19-48)16-29(27)49(34)37(12-13-37)36(4,5)52/h6,11,15-16,21-24,52H,7-10,12-14,17-19H2,1-5H3,(H,44,51)(H,45,50)(H,46,47). The number of aromatic nitrogens is 2. The van der Waals surface area contributed by atoms with E-state index < -0.39 is 28.6 Å². The van der Waals surface area contributed by atoms with Crippen LogP contribution in [0.2, 0.25) is 10.0 Å². The molecule has 9 nitrogen and oxygen atoms in total. The highest BCUT2D eigenvalue weighted by molar-refractivity contribution is 6.39. The van der Waals surface area contributed by atoms with Crippen LogP contribution in [0.3, 0.4) is 0 Å². The van der Waals surface area contributed by atoms with Crippen molar-refractivity contribution in [2.75, 3.05) is 23.3 Å². The van der Waals surface area contributed by atoms with Crippen LogP contribution in [-0.2, 0) is 16.9 Å². The van der Waals surface area contributed by atoms with E-state index in [9.17, 15) is 27.9 Å². The largest absolute Gasteiger partial charge is 0.391 e. The van der Waals surface area contributed by atoms with Crippen molar-refractivity contribution in [1.29, 1.82) is 0 Å². The van der Waals surface area contributed by atoms with Gasteiger partial charge < -0.3 is 30.5 Å². The topological polar surface area (TPSA) is 112 Å². The van der Waals surface area contributed by atoms with Crippen LogP contribution in [0, 0.1) is 23.2 Å². The minimum absolute atomic E-state index is 0.0104. The summed E-state index contributed by atoms with van der Waals surface area (Å²) in [4.78, 5) is 33.9. The Kier molecular flexibility index (Phi) is 9.26. The lowest BCUT2D eigenvalue weighted by molar-refractivity contribution is -0.182. The quantitative estimate of drug-likeness (QED) is 0.175. The van der Waals surface area contributed by atoms with E-state index in [2.05, 4.69) is 20.9 Å². The van der Waals surface area contributed by atoms with E-state index in [0.717, 1.165) is 30.7 Å². The van der Waals surface area contributed by atoms with E-state index in [1.54, 1.807) is 32.0 Å². The highest BCUT2D eigenvalue weighted by Crippen LogP contribution is 2.56. The molecule has 3 aromatic rings. The molecular weight excluding hydrogens is 716 g/mol. The number of benzene rings is 2. The van der Waals surface area contributed by atoms with Gasteiger partial charge in [-0.1, -0.05) is 50.0 Å². The Morgan fingerprint density at radius 3 is 2.23 bits per heavy atom. The number of carbonyl (C=O) groups is 2. The van der Waals surface area contributed by atoms with E-state index >= 15 is 0 Å². The zero-order chi connectivity index (χ0) is 37.5. The Balaban J connectivity index is 1.27. The molecule has 3 aliphatic carbocycles. The predicted octanol–water partition coefficient (Wildman–Crippen LogP) is 8.32. The summed E-state index contributed by atoms with van der Waals surface area (Å²) >= 11 is 13.7. The summed E-state index contributed by atoms with van der Waals surface area (Å²) in [5.74, 6) is -0.279. The molecule has 1 saturated heterocycles. The number of aliphatic hydroxyl groups is 1. The third-order valence-corrected chi connectivity index (χ3v) is 12.4. The fourth-order valence-corrected chi connectivity index (χ4v) is 8.65. The Hall–Kier alpha value is -3.22. The van der Waals surface area contributed by atoms with Crippen molar-refractivity contribution in [2.24, 2.45) is 23.2 Å². The molecule has 2 aromatic carbocycles. The van der Waals surface area contributed by atoms with Gasteiger partial charge in [0.25, 0.3) is 5.91 Å². The number of hydrogen-bond donors (Lipinski definition) is 4. The number of anilines is 3. The first-order chi connectivity index (χ1) is 24.3. The van der Waals surface area contributed by atoms with Gasteiger partial charge in [-0.15, -0.1) is 0 Å². The van der Waals surface area contributed by atoms with Crippen molar-refractivity contribution in [3.63, 3.8) is 0 Å². The van der Waals surface area contributed by atoms with E-state index in [4.69, 9.17) is 28.2 Å². The number of halogens is 5. The number of hydrogen-bond acceptors (Lipinski definition) is 6. The number of nitrogens with zero attached hydrogens (tertiary/aromatic N) is 3. The van der Waals surface area contributed by atoms with Gasteiger partial charge in [0.2, 0.25) is 11.9 Å². The van der Waals surface area contributed by atoms with Crippen molar-refractivity contribution < 1.29 is 27.9 Å². The maximum atomic E-state index is 14.0. The van der Waals surface area contributed by atoms with Crippen LogP contribution in [0.5, 0.6) is 0 Å². The molecular formula is C38H47Cl2F3N6O3. The number of imidazole rings is 1. The number of amides is 2. The second kappa shape index (κ2) is 13.0. The number of carbonyl (C=O) groups excluding carboxylic acids is 2. The van der Waals surface area contributed by atoms with Gasteiger partial charge in [0.1, 0.15) is 0 Å². The van der Waals surface area contributed by atoms with Gasteiger partial charge in [-0.05, 0) is 94.4 Å². The molecule has 4 fully saturated rings. The van der Waals surface area contributed by atoms with Crippen molar-refractivity contribution >= 4 is 63.4 Å². The Labute approximate surface area is 312 Å². The SMILES string of the molecule is CC(C)(C)C(=O)NCc1ccc(Cl)c(Nc2nc3cc(C(=O)NC4CCC(C(F)(F)F)CC4)c(N4CC5CC5C4)cc3n2C2(C(C)(C)O)CC2)c1Cl. The molecule has 0 spiro atoms. The van der Waals surface area contributed by atoms with Crippen LogP contribution >= 0.6 is 23.2 Å². The van der Waals surface area contributed by atoms with Gasteiger partial charge in [-0.25, -0.2) is 4.98 Å². The predicted molar refractivity (Wildman–Crippen MR) is 197 cm³/mol. The molecule has 1 aliphatic heterocycles. The summed E-state index contributed by atoms with van der Waals surface area (Å²) in [6, 6.07) is 6.84. The minimum atomic E-state index is -4.23. The molecule has 0 bridgehead atoms. The van der Waals surface area contributed by atoms with Crippen LogP contribution in [0.25, 0.3) is 11.0 Å². The van der Waals surface area contributed by atoms with Gasteiger partial charge in [-0.2, -0.15) is 13.2 Å². The fraction of sp³-hybridized carbons (Fsp3) is 0.605. The van der Waals surface area contributed by atoms with Crippen LogP contribution in [0.1, 0.15) is 95.5 Å². The zero-order valence-electron chi connectivity index (χ0n) is 30.2. The van der Waals surface area contributed by atoms with Crippen molar-refractivity contribution in [3.8, 4) is 0 Å². The first-order valence-corrected chi connectivity index (χ1v) is 19.0. The van der Waals surface area contributed by atoms with Gasteiger partial charge in [0.05, 0.1) is 55.1 Å². The van der Waals surface area contributed by atoms with Crippen LogP contribution in [0.15, 0.2) is 24.3 Å². The summed E-state index contributed by atoms with van der Waals surface area (Å²) in [6.45, 7) is 10.8. The van der Waals surface area contributed by atoms with E-state index in [0.29, 0.717) is 63.0 Å². The normalized spacial score (nSPS) is 24.1. The molecule has 4 N–H and O–H groups in total. The molecule has 3 saturated carbocycles. The van der Waals surface area contributed by atoms with Gasteiger partial charge >= 0.3 is 6.18 Å². The summed E-state index contributed by atoms with van der Waals surface area (Å²) < 4.78 is 42.1. The monoisotopic (exact) mass is 762 g/mol. The molecule has 52 heavy (non-hydrogen) atoms. The van der Waals surface area contributed by atoms with Gasteiger partial charge in [0, 0.05) is 31.1 Å². The Morgan fingerprint density at radius 2 is 1.65 bits per heavy atom. The molecule has 1 aromatic heterocycles. The lowest BCUT2D eigenvalue weighted by Gasteiger charge is -2.33. The van der Waals surface area contributed by atoms with Crippen LogP contribution in [-0.4, -0.2) is 57.4 Å². The molecule has 2 unspecified atom stereocenters. The number of fused-ring (bicyclic) bond motifs is 2. The number of rotatable bonds is 9. The molecule has 14 heteroatoms. The van der Waals surface area contributed by atoms with E-state index in [1.165, 1.54) is 0 Å². The fourth-order valence-electron chi connectivity index (χ4n) is 8.12. The zero-order valence-corrected chi connectivity index (χ0v) is 31.7. The summed E-state index contributed by atoms with van der Waals surface area (Å²) in [5.41, 5.74) is 0.987. The minimum Gasteiger partial charge on any atom is -0.388 e. The second-order valence-electron chi connectivity index (χ2n) is 16.9. The van der Waals surface area contributed by atoms with Crippen LogP contribution < -0.4 is 20.9 Å². The van der Waals surface area contributed by atoms with Crippen molar-refractivity contribution in [1.82, 2.24) is 20.2 Å². The third kappa shape index (κ3) is 6.95. The van der Waals surface area contributed by atoms with Crippen molar-refractivity contribution in [2.45, 2.75) is 109 Å². The number of nitrogens with one attached hydrogen (secondary N) is 3. The molecule has 282 valence electrons.